The summed E-state index contributed by atoms with van der Waals surface area (Å²) in [6, 6.07) is 0.355. The van der Waals surface area contributed by atoms with Gasteiger partial charge in [-0.15, -0.1) is 22.7 Å². The Labute approximate surface area is 199 Å². The number of nitrogens with one attached hydrogen (secondary N) is 1. The zero-order valence-corrected chi connectivity index (χ0v) is 20.8. The van der Waals surface area contributed by atoms with Gasteiger partial charge in [-0.25, -0.2) is 9.97 Å². The van der Waals surface area contributed by atoms with E-state index in [1.807, 2.05) is 24.5 Å². The van der Waals surface area contributed by atoms with E-state index in [-0.39, 0.29) is 5.91 Å². The van der Waals surface area contributed by atoms with Crippen LogP contribution in [0.2, 0.25) is 0 Å². The van der Waals surface area contributed by atoms with Gasteiger partial charge in [-0.05, 0) is 64.3 Å². The smallest absolute Gasteiger partial charge is 0.225 e. The number of carbonyl (C=O) groups is 1. The highest BCUT2D eigenvalue weighted by Crippen LogP contribution is 2.32. The van der Waals surface area contributed by atoms with Crippen LogP contribution in [0.3, 0.4) is 0 Å². The molecule has 174 valence electrons. The number of anilines is 1. The third kappa shape index (κ3) is 5.51. The van der Waals surface area contributed by atoms with E-state index in [1.165, 1.54) is 74.0 Å². The lowest BCUT2D eigenvalue weighted by atomic mass is 9.84. The monoisotopic (exact) mass is 473 g/mol. The van der Waals surface area contributed by atoms with Gasteiger partial charge in [0, 0.05) is 54.6 Å². The van der Waals surface area contributed by atoms with Gasteiger partial charge >= 0.3 is 0 Å². The van der Waals surface area contributed by atoms with Crippen molar-refractivity contribution >= 4 is 33.7 Å². The number of aromatic nitrogens is 2. The maximum Gasteiger partial charge on any atom is 0.225 e. The molecule has 32 heavy (non-hydrogen) atoms. The van der Waals surface area contributed by atoms with Gasteiger partial charge in [-0.2, -0.15) is 0 Å². The number of thiazole rings is 2. The highest BCUT2D eigenvalue weighted by Gasteiger charge is 2.25. The van der Waals surface area contributed by atoms with Crippen molar-refractivity contribution < 1.29 is 4.79 Å². The van der Waals surface area contributed by atoms with E-state index in [4.69, 9.17) is 4.98 Å². The zero-order chi connectivity index (χ0) is 21.9. The minimum atomic E-state index is 0.153. The number of carbonyl (C=O) groups excluding carboxylic acids is 1. The van der Waals surface area contributed by atoms with Crippen LogP contribution in [-0.2, 0) is 24.1 Å². The Morgan fingerprint density at radius 1 is 1.12 bits per heavy atom. The van der Waals surface area contributed by atoms with E-state index in [9.17, 15) is 4.79 Å². The summed E-state index contributed by atoms with van der Waals surface area (Å²) < 4.78 is 0. The summed E-state index contributed by atoms with van der Waals surface area (Å²) >= 11 is 3.56. The van der Waals surface area contributed by atoms with Crippen molar-refractivity contribution in [2.75, 3.05) is 37.6 Å². The van der Waals surface area contributed by atoms with Gasteiger partial charge in [0.15, 0.2) is 5.13 Å². The molecule has 0 atom stereocenters. The Balaban J connectivity index is 1.00. The van der Waals surface area contributed by atoms with Crippen LogP contribution < -0.4 is 10.2 Å². The topological polar surface area (TPSA) is 61.4 Å². The number of fused-ring (bicyclic) bond motifs is 1. The molecule has 0 radical (unpaired) electrons. The molecule has 8 heteroatoms. The van der Waals surface area contributed by atoms with Gasteiger partial charge in [-0.3, -0.25) is 4.79 Å². The molecule has 1 saturated heterocycles. The molecular formula is C24H35N5OS2. The van der Waals surface area contributed by atoms with E-state index in [2.05, 4.69) is 20.1 Å². The first-order valence-corrected chi connectivity index (χ1v) is 13.9. The van der Waals surface area contributed by atoms with Crippen LogP contribution in [0.15, 0.2) is 6.20 Å². The van der Waals surface area contributed by atoms with E-state index < -0.39 is 0 Å². The normalized spacial score (nSPS) is 24.0. The number of hydrogen-bond donors (Lipinski definition) is 1. The van der Waals surface area contributed by atoms with Gasteiger partial charge in [0.25, 0.3) is 0 Å². The Bertz CT molecular complexity index is 888. The van der Waals surface area contributed by atoms with Gasteiger partial charge < -0.3 is 15.1 Å². The largest absolute Gasteiger partial charge is 0.353 e. The second-order valence-electron chi connectivity index (χ2n) is 9.64. The predicted octanol–water partition coefficient (Wildman–Crippen LogP) is 3.83. The molecule has 0 unspecified atom stereocenters. The molecule has 5 rings (SSSR count). The van der Waals surface area contributed by atoms with Gasteiger partial charge in [-0.1, -0.05) is 0 Å². The van der Waals surface area contributed by atoms with Gasteiger partial charge in [0.05, 0.1) is 17.1 Å². The van der Waals surface area contributed by atoms with Crippen LogP contribution in [0.1, 0.15) is 59.0 Å². The first-order valence-electron chi connectivity index (χ1n) is 12.3. The predicted molar refractivity (Wildman–Crippen MR) is 132 cm³/mol. The van der Waals surface area contributed by atoms with E-state index in [0.717, 1.165) is 41.6 Å². The number of nitrogens with zero attached hydrogens (tertiary/aromatic N) is 4. The third-order valence-electron chi connectivity index (χ3n) is 7.28. The fourth-order valence-corrected chi connectivity index (χ4v) is 7.09. The van der Waals surface area contributed by atoms with Crippen LogP contribution in [0.25, 0.3) is 0 Å². The average molecular weight is 474 g/mol. The van der Waals surface area contributed by atoms with Crippen molar-refractivity contribution in [2.45, 2.75) is 70.8 Å². The summed E-state index contributed by atoms with van der Waals surface area (Å²) in [6.07, 6.45) is 11.9. The van der Waals surface area contributed by atoms with Crippen molar-refractivity contribution in [3.05, 3.63) is 26.7 Å². The molecule has 2 aromatic heterocycles. The molecule has 0 bridgehead atoms. The lowest BCUT2D eigenvalue weighted by molar-refractivity contribution is -0.121. The summed E-state index contributed by atoms with van der Waals surface area (Å²) in [4.78, 5) is 29.2. The van der Waals surface area contributed by atoms with Crippen LogP contribution in [-0.4, -0.2) is 59.5 Å². The Morgan fingerprint density at radius 3 is 2.66 bits per heavy atom. The highest BCUT2D eigenvalue weighted by molar-refractivity contribution is 7.15. The quantitative estimate of drug-likeness (QED) is 0.662. The molecule has 2 aromatic rings. The fraction of sp³-hybridized carbons (Fsp3) is 0.708. The summed E-state index contributed by atoms with van der Waals surface area (Å²) in [5.74, 6) is 0.959. The van der Waals surface area contributed by atoms with E-state index >= 15 is 0 Å². The lowest BCUT2D eigenvalue weighted by Crippen LogP contribution is -2.39. The Morgan fingerprint density at radius 2 is 1.94 bits per heavy atom. The highest BCUT2D eigenvalue weighted by atomic mass is 32.1. The fourth-order valence-electron chi connectivity index (χ4n) is 5.15. The molecule has 2 fully saturated rings. The number of rotatable bonds is 7. The van der Waals surface area contributed by atoms with Crippen LogP contribution in [0.4, 0.5) is 5.13 Å². The number of aryl methyl sites for hydroxylation is 1. The standard InChI is InChI=1S/C24H35N5OS2/c1-17-25-16-20(31-17)15-23(30)26-19-5-3-18(4-6-19)7-12-28-13-8-21-22(9-14-28)32-24(27-21)29-10-2-11-29/h16,18-19H,2-15H2,1H3,(H,26,30). The first kappa shape index (κ1) is 22.3. The SMILES string of the molecule is Cc1ncc(CC(=O)NC2CCC(CCN3CCc4nc(N5CCC5)sc4CC3)CC2)s1. The average Bonchev–Trinajstić information content (AvgIpc) is 3.27. The van der Waals surface area contributed by atoms with Crippen LogP contribution >= 0.6 is 22.7 Å². The van der Waals surface area contributed by atoms with E-state index in [0.29, 0.717) is 12.5 Å². The Hall–Kier alpha value is -1.51. The van der Waals surface area contributed by atoms with Crippen molar-refractivity contribution in [2.24, 2.45) is 5.92 Å². The molecule has 1 amide bonds. The maximum atomic E-state index is 12.3. The minimum absolute atomic E-state index is 0.153. The van der Waals surface area contributed by atoms with Crippen molar-refractivity contribution in [1.82, 2.24) is 20.2 Å². The summed E-state index contributed by atoms with van der Waals surface area (Å²) in [6.45, 7) is 7.90. The van der Waals surface area contributed by atoms with Crippen molar-refractivity contribution in [3.8, 4) is 0 Å². The summed E-state index contributed by atoms with van der Waals surface area (Å²) in [5.41, 5.74) is 1.36. The molecule has 2 aliphatic heterocycles. The van der Waals surface area contributed by atoms with Gasteiger partial charge in [0.2, 0.25) is 5.91 Å². The van der Waals surface area contributed by atoms with Crippen LogP contribution in [0.5, 0.6) is 0 Å². The molecule has 6 nitrogen and oxygen atoms in total. The minimum Gasteiger partial charge on any atom is -0.353 e. The molecule has 1 aliphatic carbocycles. The van der Waals surface area contributed by atoms with Crippen molar-refractivity contribution in [1.29, 1.82) is 0 Å². The number of hydrogen-bond acceptors (Lipinski definition) is 7. The third-order valence-corrected chi connectivity index (χ3v) is 9.41. The molecule has 4 heterocycles. The molecule has 0 aromatic carbocycles. The van der Waals surface area contributed by atoms with Crippen LogP contribution in [0, 0.1) is 12.8 Å². The molecule has 1 N–H and O–H groups in total. The molecule has 0 spiro atoms. The zero-order valence-electron chi connectivity index (χ0n) is 19.1. The maximum absolute atomic E-state index is 12.3. The Kier molecular flexibility index (Phi) is 7.09. The lowest BCUT2D eigenvalue weighted by Gasteiger charge is -2.31. The van der Waals surface area contributed by atoms with Gasteiger partial charge in [0.1, 0.15) is 0 Å². The molecule has 1 saturated carbocycles. The summed E-state index contributed by atoms with van der Waals surface area (Å²) in [5, 5.41) is 5.55. The summed E-state index contributed by atoms with van der Waals surface area (Å²) in [7, 11) is 0. The first-order chi connectivity index (χ1) is 15.6. The second kappa shape index (κ2) is 10.2. The second-order valence-corrected chi connectivity index (χ2v) is 12.0. The van der Waals surface area contributed by atoms with E-state index in [1.54, 1.807) is 11.3 Å². The number of amides is 1. The van der Waals surface area contributed by atoms with Crippen molar-refractivity contribution in [3.63, 3.8) is 0 Å². The molecule has 3 aliphatic rings. The molecular weight excluding hydrogens is 438 g/mol.